The van der Waals surface area contributed by atoms with Crippen LogP contribution in [0.15, 0.2) is 18.2 Å². The van der Waals surface area contributed by atoms with E-state index in [0.29, 0.717) is 24.9 Å². The lowest BCUT2D eigenvalue weighted by atomic mass is 10.1. The van der Waals surface area contributed by atoms with Gasteiger partial charge in [-0.25, -0.2) is 4.39 Å². The number of benzene rings is 1. The molecule has 0 aromatic heterocycles. The van der Waals surface area contributed by atoms with E-state index in [9.17, 15) is 4.39 Å². The Hall–Kier alpha value is -0.930. The highest BCUT2D eigenvalue weighted by molar-refractivity contribution is 5.24. The average molecular weight is 266 g/mol. The molecule has 3 heteroatoms. The van der Waals surface area contributed by atoms with Gasteiger partial charge in [0.05, 0.1) is 0 Å². The zero-order valence-electron chi connectivity index (χ0n) is 12.6. The van der Waals surface area contributed by atoms with Crippen LogP contribution < -0.4 is 5.73 Å². The van der Waals surface area contributed by atoms with Crippen molar-refractivity contribution < 1.29 is 4.39 Å². The van der Waals surface area contributed by atoms with Gasteiger partial charge in [0.15, 0.2) is 0 Å². The highest BCUT2D eigenvalue weighted by atomic mass is 19.1. The van der Waals surface area contributed by atoms with E-state index in [1.54, 1.807) is 6.07 Å². The fourth-order valence-electron chi connectivity index (χ4n) is 2.32. The van der Waals surface area contributed by atoms with Crippen molar-refractivity contribution in [2.45, 2.75) is 40.8 Å². The molecule has 0 radical (unpaired) electrons. The first kappa shape index (κ1) is 16.1. The molecule has 0 fully saturated rings. The number of hydrogen-bond acceptors (Lipinski definition) is 2. The highest BCUT2D eigenvalue weighted by Gasteiger charge is 2.12. The topological polar surface area (TPSA) is 29.3 Å². The summed E-state index contributed by atoms with van der Waals surface area (Å²) >= 11 is 0. The Bertz CT molecular complexity index is 378. The SMILES string of the molecule is CC(C)CN(Cc1ccc(CN)cc1F)CC(C)C. The van der Waals surface area contributed by atoms with Crippen LogP contribution in [-0.4, -0.2) is 18.0 Å². The van der Waals surface area contributed by atoms with E-state index in [-0.39, 0.29) is 5.82 Å². The number of hydrogen-bond donors (Lipinski definition) is 1. The Morgan fingerprint density at radius 2 is 1.68 bits per heavy atom. The van der Waals surface area contributed by atoms with Gasteiger partial charge in [0.25, 0.3) is 0 Å². The molecule has 1 aromatic rings. The monoisotopic (exact) mass is 266 g/mol. The Morgan fingerprint density at radius 1 is 1.11 bits per heavy atom. The summed E-state index contributed by atoms with van der Waals surface area (Å²) in [6.45, 7) is 11.8. The normalized spacial score (nSPS) is 11.8. The van der Waals surface area contributed by atoms with Gasteiger partial charge in [-0.2, -0.15) is 0 Å². The fraction of sp³-hybridized carbons (Fsp3) is 0.625. The van der Waals surface area contributed by atoms with Crippen LogP contribution in [0.1, 0.15) is 38.8 Å². The van der Waals surface area contributed by atoms with Crippen LogP contribution in [0.25, 0.3) is 0 Å². The summed E-state index contributed by atoms with van der Waals surface area (Å²) in [4.78, 5) is 2.33. The molecule has 0 spiro atoms. The van der Waals surface area contributed by atoms with Crippen molar-refractivity contribution in [3.63, 3.8) is 0 Å². The predicted octanol–water partition coefficient (Wildman–Crippen LogP) is 3.40. The molecule has 108 valence electrons. The molecule has 0 saturated carbocycles. The Morgan fingerprint density at radius 3 is 2.11 bits per heavy atom. The van der Waals surface area contributed by atoms with Gasteiger partial charge < -0.3 is 5.73 Å². The molecule has 0 bridgehead atoms. The molecular formula is C16H27FN2. The van der Waals surface area contributed by atoms with E-state index in [1.807, 2.05) is 12.1 Å². The van der Waals surface area contributed by atoms with Gasteiger partial charge in [0.2, 0.25) is 0 Å². The van der Waals surface area contributed by atoms with Gasteiger partial charge in [-0.05, 0) is 23.5 Å². The van der Waals surface area contributed by atoms with E-state index in [4.69, 9.17) is 5.73 Å². The van der Waals surface area contributed by atoms with E-state index in [1.165, 1.54) is 0 Å². The highest BCUT2D eigenvalue weighted by Crippen LogP contribution is 2.15. The number of rotatable bonds is 7. The molecule has 0 unspecified atom stereocenters. The lowest BCUT2D eigenvalue weighted by Gasteiger charge is -2.26. The molecule has 2 N–H and O–H groups in total. The van der Waals surface area contributed by atoms with Crippen molar-refractivity contribution in [2.75, 3.05) is 13.1 Å². The molecule has 0 amide bonds. The van der Waals surface area contributed by atoms with Gasteiger partial charge in [0.1, 0.15) is 5.82 Å². The van der Waals surface area contributed by atoms with Gasteiger partial charge in [-0.15, -0.1) is 0 Å². The first-order valence-electron chi connectivity index (χ1n) is 7.12. The van der Waals surface area contributed by atoms with Crippen LogP contribution in [0.4, 0.5) is 4.39 Å². The minimum atomic E-state index is -0.138. The van der Waals surface area contributed by atoms with Crippen LogP contribution in [0, 0.1) is 17.7 Å². The van der Waals surface area contributed by atoms with E-state index >= 15 is 0 Å². The largest absolute Gasteiger partial charge is 0.326 e. The maximum Gasteiger partial charge on any atom is 0.128 e. The summed E-state index contributed by atoms with van der Waals surface area (Å²) in [6.07, 6.45) is 0. The van der Waals surface area contributed by atoms with Crippen LogP contribution in [-0.2, 0) is 13.1 Å². The minimum Gasteiger partial charge on any atom is -0.326 e. The molecular weight excluding hydrogens is 239 g/mol. The van der Waals surface area contributed by atoms with Gasteiger partial charge >= 0.3 is 0 Å². The number of nitrogens with two attached hydrogens (primary N) is 1. The number of nitrogens with zero attached hydrogens (tertiary/aromatic N) is 1. The van der Waals surface area contributed by atoms with Crippen molar-refractivity contribution in [1.29, 1.82) is 0 Å². The third kappa shape index (κ3) is 5.70. The second kappa shape index (κ2) is 7.61. The summed E-state index contributed by atoms with van der Waals surface area (Å²) in [5.41, 5.74) is 7.13. The molecule has 0 aliphatic carbocycles. The molecule has 0 aliphatic rings. The molecule has 1 aromatic carbocycles. The smallest absolute Gasteiger partial charge is 0.128 e. The van der Waals surface area contributed by atoms with E-state index in [2.05, 4.69) is 32.6 Å². The average Bonchev–Trinajstić information content (AvgIpc) is 2.30. The summed E-state index contributed by atoms with van der Waals surface area (Å²) in [5, 5.41) is 0. The molecule has 0 heterocycles. The zero-order valence-corrected chi connectivity index (χ0v) is 12.6. The first-order valence-corrected chi connectivity index (χ1v) is 7.12. The minimum absolute atomic E-state index is 0.138. The lowest BCUT2D eigenvalue weighted by Crippen LogP contribution is -2.31. The molecule has 2 nitrogen and oxygen atoms in total. The van der Waals surface area contributed by atoms with Crippen LogP contribution in [0.2, 0.25) is 0 Å². The third-order valence-electron chi connectivity index (χ3n) is 2.99. The standard InChI is InChI=1S/C16H27FN2/c1-12(2)9-19(10-13(3)4)11-15-6-5-14(8-18)7-16(15)17/h5-7,12-13H,8-11,18H2,1-4H3. The van der Waals surface area contributed by atoms with Crippen LogP contribution in [0.5, 0.6) is 0 Å². The van der Waals surface area contributed by atoms with Crippen molar-refractivity contribution in [2.24, 2.45) is 17.6 Å². The first-order chi connectivity index (χ1) is 8.92. The molecule has 19 heavy (non-hydrogen) atoms. The Kier molecular flexibility index (Phi) is 6.46. The van der Waals surface area contributed by atoms with E-state index < -0.39 is 0 Å². The van der Waals surface area contributed by atoms with Crippen molar-refractivity contribution in [1.82, 2.24) is 4.90 Å². The van der Waals surface area contributed by atoms with Crippen molar-refractivity contribution >= 4 is 0 Å². The quantitative estimate of drug-likeness (QED) is 0.819. The molecule has 0 atom stereocenters. The fourth-order valence-corrected chi connectivity index (χ4v) is 2.32. The van der Waals surface area contributed by atoms with Crippen molar-refractivity contribution in [3.05, 3.63) is 35.1 Å². The Labute approximate surface area is 116 Å². The summed E-state index contributed by atoms with van der Waals surface area (Å²) in [5.74, 6) is 1.04. The maximum absolute atomic E-state index is 14.0. The summed E-state index contributed by atoms with van der Waals surface area (Å²) in [7, 11) is 0. The molecule has 0 saturated heterocycles. The van der Waals surface area contributed by atoms with Crippen LogP contribution >= 0.6 is 0 Å². The summed E-state index contributed by atoms with van der Waals surface area (Å²) in [6, 6.07) is 5.34. The third-order valence-corrected chi connectivity index (χ3v) is 2.99. The Balaban J connectivity index is 2.77. The van der Waals surface area contributed by atoms with Gasteiger partial charge in [0, 0.05) is 31.7 Å². The maximum atomic E-state index is 14.0. The predicted molar refractivity (Wildman–Crippen MR) is 79.2 cm³/mol. The lowest BCUT2D eigenvalue weighted by molar-refractivity contribution is 0.209. The van der Waals surface area contributed by atoms with Gasteiger partial charge in [-0.1, -0.05) is 39.8 Å². The second-order valence-corrected chi connectivity index (χ2v) is 6.11. The van der Waals surface area contributed by atoms with E-state index in [0.717, 1.165) is 24.2 Å². The van der Waals surface area contributed by atoms with Gasteiger partial charge in [-0.3, -0.25) is 4.90 Å². The molecule has 0 aliphatic heterocycles. The second-order valence-electron chi connectivity index (χ2n) is 6.11. The number of halogens is 1. The zero-order chi connectivity index (χ0) is 14.4. The summed E-state index contributed by atoms with van der Waals surface area (Å²) < 4.78 is 14.0. The van der Waals surface area contributed by atoms with Crippen LogP contribution in [0.3, 0.4) is 0 Å². The molecule has 1 rings (SSSR count). The van der Waals surface area contributed by atoms with Crippen molar-refractivity contribution in [3.8, 4) is 0 Å².